The van der Waals surface area contributed by atoms with E-state index in [0.29, 0.717) is 11.8 Å². The van der Waals surface area contributed by atoms with Crippen LogP contribution in [0.15, 0.2) is 23.3 Å². The van der Waals surface area contributed by atoms with Crippen molar-refractivity contribution in [2.75, 3.05) is 27.4 Å². The van der Waals surface area contributed by atoms with Crippen LogP contribution in [0.3, 0.4) is 0 Å². The van der Waals surface area contributed by atoms with Gasteiger partial charge < -0.3 is 9.47 Å². The van der Waals surface area contributed by atoms with E-state index in [1.54, 1.807) is 19.8 Å². The molecule has 1 rings (SSSR count). The van der Waals surface area contributed by atoms with E-state index >= 15 is 0 Å². The molecule has 0 aromatic carbocycles. The Kier molecular flexibility index (Phi) is 7.29. The molecule has 0 spiro atoms. The summed E-state index contributed by atoms with van der Waals surface area (Å²) < 4.78 is 10.7. The quantitative estimate of drug-likeness (QED) is 0.638. The van der Waals surface area contributed by atoms with Crippen molar-refractivity contribution < 1.29 is 9.47 Å². The zero-order valence-corrected chi connectivity index (χ0v) is 12.4. The van der Waals surface area contributed by atoms with Gasteiger partial charge in [0, 0.05) is 27.4 Å². The Morgan fingerprint density at radius 3 is 2.50 bits per heavy atom. The van der Waals surface area contributed by atoms with Gasteiger partial charge in [0.25, 0.3) is 0 Å². The average molecular weight is 252 g/mol. The summed E-state index contributed by atoms with van der Waals surface area (Å²) in [5.41, 5.74) is 3.01. The van der Waals surface area contributed by atoms with E-state index in [0.717, 1.165) is 19.6 Å². The lowest BCUT2D eigenvalue weighted by atomic mass is 9.79. The van der Waals surface area contributed by atoms with Crippen molar-refractivity contribution in [1.82, 2.24) is 0 Å². The number of hydrogen-bond donors (Lipinski definition) is 0. The molecule has 0 radical (unpaired) electrons. The predicted molar refractivity (Wildman–Crippen MR) is 76.7 cm³/mol. The first-order valence-electron chi connectivity index (χ1n) is 6.96. The van der Waals surface area contributed by atoms with Crippen LogP contribution in [0.25, 0.3) is 0 Å². The Balaban J connectivity index is 2.49. The molecule has 1 aliphatic carbocycles. The van der Waals surface area contributed by atoms with E-state index in [-0.39, 0.29) is 0 Å². The average Bonchev–Trinajstić information content (AvgIpc) is 2.32. The van der Waals surface area contributed by atoms with E-state index in [1.807, 2.05) is 0 Å². The summed E-state index contributed by atoms with van der Waals surface area (Å²) in [5, 5.41) is 0. The molecule has 2 nitrogen and oxygen atoms in total. The highest BCUT2D eigenvalue weighted by Gasteiger charge is 2.25. The standard InChI is InChI=1S/C16H28O2/c1-13(2)6-5-7-14-8-9-15(11-17-3)16(10-14)12-18-4/h6,8,15-16H,5,7,9-12H2,1-4H3. The molecule has 0 bridgehead atoms. The van der Waals surface area contributed by atoms with E-state index in [9.17, 15) is 0 Å². The zero-order valence-electron chi connectivity index (χ0n) is 12.4. The molecule has 18 heavy (non-hydrogen) atoms. The Morgan fingerprint density at radius 1 is 1.22 bits per heavy atom. The number of hydrogen-bond acceptors (Lipinski definition) is 2. The SMILES string of the molecule is COCC1CC=C(CCC=C(C)C)CC1COC. The van der Waals surface area contributed by atoms with E-state index in [1.165, 1.54) is 24.8 Å². The lowest BCUT2D eigenvalue weighted by molar-refractivity contribution is 0.0665. The van der Waals surface area contributed by atoms with Crippen molar-refractivity contribution >= 4 is 0 Å². The molecule has 0 aromatic rings. The maximum Gasteiger partial charge on any atom is 0.0497 e. The normalized spacial score (nSPS) is 23.7. The van der Waals surface area contributed by atoms with E-state index < -0.39 is 0 Å². The van der Waals surface area contributed by atoms with Crippen LogP contribution in [0.5, 0.6) is 0 Å². The van der Waals surface area contributed by atoms with E-state index in [4.69, 9.17) is 9.47 Å². The van der Waals surface area contributed by atoms with Gasteiger partial charge in [0.2, 0.25) is 0 Å². The van der Waals surface area contributed by atoms with Gasteiger partial charge in [0.05, 0.1) is 0 Å². The van der Waals surface area contributed by atoms with Crippen LogP contribution in [0.1, 0.15) is 39.5 Å². The highest BCUT2D eigenvalue weighted by Crippen LogP contribution is 2.32. The molecule has 0 saturated heterocycles. The minimum absolute atomic E-state index is 0.627. The summed E-state index contributed by atoms with van der Waals surface area (Å²) in [6.45, 7) is 6.04. The molecular weight excluding hydrogens is 224 g/mol. The summed E-state index contributed by atoms with van der Waals surface area (Å²) in [7, 11) is 3.59. The molecule has 0 N–H and O–H groups in total. The molecule has 104 valence electrons. The second-order valence-corrected chi connectivity index (χ2v) is 5.55. The summed E-state index contributed by atoms with van der Waals surface area (Å²) in [6.07, 6.45) is 9.44. The van der Waals surface area contributed by atoms with Crippen LogP contribution in [0, 0.1) is 11.8 Å². The highest BCUT2D eigenvalue weighted by atomic mass is 16.5. The monoisotopic (exact) mass is 252 g/mol. The van der Waals surface area contributed by atoms with Crippen LogP contribution in [0.2, 0.25) is 0 Å². The first kappa shape index (κ1) is 15.5. The van der Waals surface area contributed by atoms with Gasteiger partial charge in [-0.05, 0) is 51.4 Å². The lowest BCUT2D eigenvalue weighted by Crippen LogP contribution is -2.26. The Bertz CT molecular complexity index is 287. The summed E-state index contributed by atoms with van der Waals surface area (Å²) in [6, 6.07) is 0. The molecule has 0 aromatic heterocycles. The van der Waals surface area contributed by atoms with Gasteiger partial charge in [-0.1, -0.05) is 23.3 Å². The molecule has 0 saturated carbocycles. The van der Waals surface area contributed by atoms with Crippen LogP contribution in [-0.2, 0) is 9.47 Å². The van der Waals surface area contributed by atoms with E-state index in [2.05, 4.69) is 26.0 Å². The van der Waals surface area contributed by atoms with Gasteiger partial charge in [-0.25, -0.2) is 0 Å². The molecule has 0 fully saturated rings. The largest absolute Gasteiger partial charge is 0.384 e. The molecule has 2 heteroatoms. The van der Waals surface area contributed by atoms with Gasteiger partial charge in [-0.15, -0.1) is 0 Å². The number of methoxy groups -OCH3 is 2. The smallest absolute Gasteiger partial charge is 0.0497 e. The maximum absolute atomic E-state index is 5.35. The fourth-order valence-corrected chi connectivity index (χ4v) is 2.67. The molecule has 2 unspecified atom stereocenters. The first-order valence-corrected chi connectivity index (χ1v) is 6.96. The Labute approximate surface area is 112 Å². The molecule has 2 atom stereocenters. The van der Waals surface area contributed by atoms with Crippen LogP contribution in [0.4, 0.5) is 0 Å². The second kappa shape index (κ2) is 8.49. The van der Waals surface area contributed by atoms with Crippen molar-refractivity contribution in [3.8, 4) is 0 Å². The molecule has 0 amide bonds. The summed E-state index contributed by atoms with van der Waals surface area (Å²) in [5.74, 6) is 1.25. The fourth-order valence-electron chi connectivity index (χ4n) is 2.67. The van der Waals surface area contributed by atoms with Crippen LogP contribution >= 0.6 is 0 Å². The molecule has 1 aliphatic rings. The third-order valence-electron chi connectivity index (χ3n) is 3.68. The highest BCUT2D eigenvalue weighted by molar-refractivity contribution is 5.10. The number of rotatable bonds is 7. The first-order chi connectivity index (χ1) is 8.67. The summed E-state index contributed by atoms with van der Waals surface area (Å²) in [4.78, 5) is 0. The summed E-state index contributed by atoms with van der Waals surface area (Å²) >= 11 is 0. The minimum atomic E-state index is 0.627. The van der Waals surface area contributed by atoms with Crippen molar-refractivity contribution in [2.24, 2.45) is 11.8 Å². The molecule has 0 aliphatic heterocycles. The predicted octanol–water partition coefficient (Wildman–Crippen LogP) is 3.98. The van der Waals surface area contributed by atoms with Gasteiger partial charge in [-0.3, -0.25) is 0 Å². The number of ether oxygens (including phenoxy) is 2. The van der Waals surface area contributed by atoms with Crippen molar-refractivity contribution in [2.45, 2.75) is 39.5 Å². The van der Waals surface area contributed by atoms with Crippen LogP contribution in [-0.4, -0.2) is 27.4 Å². The van der Waals surface area contributed by atoms with Crippen molar-refractivity contribution in [1.29, 1.82) is 0 Å². The topological polar surface area (TPSA) is 18.5 Å². The maximum atomic E-state index is 5.35. The third-order valence-corrected chi connectivity index (χ3v) is 3.68. The Morgan fingerprint density at radius 2 is 1.89 bits per heavy atom. The van der Waals surface area contributed by atoms with Crippen LogP contribution < -0.4 is 0 Å². The zero-order chi connectivity index (χ0) is 13.4. The fraction of sp³-hybridized carbons (Fsp3) is 0.750. The van der Waals surface area contributed by atoms with Gasteiger partial charge >= 0.3 is 0 Å². The minimum Gasteiger partial charge on any atom is -0.384 e. The van der Waals surface area contributed by atoms with Gasteiger partial charge in [0.15, 0.2) is 0 Å². The Hall–Kier alpha value is -0.600. The number of allylic oxidation sites excluding steroid dienone is 4. The molecular formula is C16H28O2. The van der Waals surface area contributed by atoms with Gasteiger partial charge in [0.1, 0.15) is 0 Å². The second-order valence-electron chi connectivity index (χ2n) is 5.55. The van der Waals surface area contributed by atoms with Crippen molar-refractivity contribution in [3.63, 3.8) is 0 Å². The third kappa shape index (κ3) is 5.36. The van der Waals surface area contributed by atoms with Gasteiger partial charge in [-0.2, -0.15) is 0 Å². The van der Waals surface area contributed by atoms with Crippen molar-refractivity contribution in [3.05, 3.63) is 23.3 Å². The molecule has 0 heterocycles. The lowest BCUT2D eigenvalue weighted by Gasteiger charge is -2.30.